The molecule has 5 nitrogen and oxygen atoms in total. The van der Waals surface area contributed by atoms with Crippen LogP contribution in [0.5, 0.6) is 5.75 Å². The Morgan fingerprint density at radius 2 is 1.68 bits per heavy atom. The van der Waals surface area contributed by atoms with Crippen molar-refractivity contribution < 1.29 is 23.1 Å². The van der Waals surface area contributed by atoms with Gasteiger partial charge in [0.25, 0.3) is 5.91 Å². The number of rotatable bonds is 7. The Bertz CT molecular complexity index is 502. The summed E-state index contributed by atoms with van der Waals surface area (Å²) in [6, 6.07) is 5.36. The maximum atomic E-state index is 12.2. The molecule has 122 valence electrons. The lowest BCUT2D eigenvalue weighted by Crippen LogP contribution is -2.41. The first-order chi connectivity index (χ1) is 10.4. The van der Waals surface area contributed by atoms with Gasteiger partial charge in [-0.25, -0.2) is 0 Å². The van der Waals surface area contributed by atoms with Crippen molar-refractivity contribution in [2.45, 2.75) is 20.5 Å². The van der Waals surface area contributed by atoms with E-state index >= 15 is 0 Å². The van der Waals surface area contributed by atoms with Gasteiger partial charge in [0, 0.05) is 25.7 Å². The quantitative estimate of drug-likeness (QED) is 0.775. The minimum Gasteiger partial charge on any atom is -0.435 e. The van der Waals surface area contributed by atoms with Crippen LogP contribution >= 0.6 is 0 Å². The fourth-order valence-corrected chi connectivity index (χ4v) is 1.95. The largest absolute Gasteiger partial charge is 0.435 e. The van der Waals surface area contributed by atoms with Crippen LogP contribution < -0.4 is 4.74 Å². The summed E-state index contributed by atoms with van der Waals surface area (Å²) in [5.74, 6) is -0.518. The van der Waals surface area contributed by atoms with Gasteiger partial charge in [-0.2, -0.15) is 8.78 Å². The second kappa shape index (κ2) is 8.31. The average Bonchev–Trinajstić information content (AvgIpc) is 2.47. The van der Waals surface area contributed by atoms with E-state index in [2.05, 4.69) is 4.74 Å². The summed E-state index contributed by atoms with van der Waals surface area (Å²) in [5.41, 5.74) is 0.302. The van der Waals surface area contributed by atoms with Crippen molar-refractivity contribution in [2.75, 3.05) is 26.7 Å². The van der Waals surface area contributed by atoms with E-state index in [9.17, 15) is 18.4 Å². The zero-order chi connectivity index (χ0) is 16.7. The van der Waals surface area contributed by atoms with Crippen molar-refractivity contribution in [3.05, 3.63) is 29.8 Å². The van der Waals surface area contributed by atoms with Gasteiger partial charge in [-0.1, -0.05) is 0 Å². The van der Waals surface area contributed by atoms with Gasteiger partial charge >= 0.3 is 6.61 Å². The molecule has 0 radical (unpaired) electrons. The number of carbonyl (C=O) groups is 2. The molecule has 1 aromatic rings. The van der Waals surface area contributed by atoms with Crippen molar-refractivity contribution in [3.8, 4) is 5.75 Å². The predicted molar refractivity (Wildman–Crippen MR) is 78.0 cm³/mol. The highest BCUT2D eigenvalue weighted by atomic mass is 19.3. The van der Waals surface area contributed by atoms with Crippen LogP contribution in [0.1, 0.15) is 24.2 Å². The number of benzene rings is 1. The summed E-state index contributed by atoms with van der Waals surface area (Å²) in [5, 5.41) is 0. The molecular formula is C15H20F2N2O3. The van der Waals surface area contributed by atoms with Gasteiger partial charge in [0.2, 0.25) is 5.91 Å². The van der Waals surface area contributed by atoms with E-state index in [0.29, 0.717) is 18.7 Å². The van der Waals surface area contributed by atoms with E-state index in [4.69, 9.17) is 0 Å². The first-order valence-electron chi connectivity index (χ1n) is 6.97. The lowest BCUT2D eigenvalue weighted by Gasteiger charge is -2.23. The smallest absolute Gasteiger partial charge is 0.387 e. The number of halogens is 2. The normalized spacial score (nSPS) is 10.5. The average molecular weight is 314 g/mol. The maximum absolute atomic E-state index is 12.2. The molecule has 0 saturated heterocycles. The standard InChI is InChI=1S/C15H20F2N2O3/c1-4-19(5-2)13(20)10-18(3)14(21)11-6-8-12(9-7-11)22-15(16)17/h6-9,15H,4-5,10H2,1-3H3. The highest BCUT2D eigenvalue weighted by Gasteiger charge is 2.18. The summed E-state index contributed by atoms with van der Waals surface area (Å²) in [6.07, 6.45) is 0. The second-order valence-electron chi connectivity index (χ2n) is 4.63. The molecule has 0 atom stereocenters. The SMILES string of the molecule is CCN(CC)C(=O)CN(C)C(=O)c1ccc(OC(F)F)cc1. The number of carbonyl (C=O) groups excluding carboxylic acids is 2. The molecule has 0 N–H and O–H groups in total. The number of hydrogen-bond donors (Lipinski definition) is 0. The fourth-order valence-electron chi connectivity index (χ4n) is 1.95. The van der Waals surface area contributed by atoms with E-state index in [0.717, 1.165) is 0 Å². The van der Waals surface area contributed by atoms with Crippen molar-refractivity contribution in [3.63, 3.8) is 0 Å². The minimum atomic E-state index is -2.91. The van der Waals surface area contributed by atoms with E-state index < -0.39 is 6.61 Å². The molecule has 22 heavy (non-hydrogen) atoms. The Hall–Kier alpha value is -2.18. The van der Waals surface area contributed by atoms with Crippen molar-refractivity contribution in [2.24, 2.45) is 0 Å². The van der Waals surface area contributed by atoms with Gasteiger partial charge < -0.3 is 14.5 Å². The molecule has 0 aliphatic heterocycles. The Labute approximate surface area is 128 Å². The van der Waals surface area contributed by atoms with Crippen LogP contribution in [-0.4, -0.2) is 54.9 Å². The van der Waals surface area contributed by atoms with Crippen molar-refractivity contribution in [1.29, 1.82) is 0 Å². The maximum Gasteiger partial charge on any atom is 0.387 e. The summed E-state index contributed by atoms with van der Waals surface area (Å²) >= 11 is 0. The monoisotopic (exact) mass is 314 g/mol. The first-order valence-corrected chi connectivity index (χ1v) is 6.97. The molecule has 2 amide bonds. The van der Waals surface area contributed by atoms with Gasteiger partial charge in [-0.15, -0.1) is 0 Å². The lowest BCUT2D eigenvalue weighted by atomic mass is 10.2. The highest BCUT2D eigenvalue weighted by Crippen LogP contribution is 2.15. The molecule has 0 fully saturated rings. The number of ether oxygens (including phenoxy) is 1. The molecule has 0 aliphatic carbocycles. The number of nitrogens with zero attached hydrogens (tertiary/aromatic N) is 2. The zero-order valence-electron chi connectivity index (χ0n) is 12.9. The van der Waals surface area contributed by atoms with Gasteiger partial charge in [0.15, 0.2) is 0 Å². The van der Waals surface area contributed by atoms with Crippen LogP contribution in [0.4, 0.5) is 8.78 Å². The number of alkyl halides is 2. The summed E-state index contributed by atoms with van der Waals surface area (Å²) in [4.78, 5) is 27.1. The molecule has 0 saturated carbocycles. The molecule has 0 spiro atoms. The molecule has 1 rings (SSSR count). The van der Waals surface area contributed by atoms with Crippen molar-refractivity contribution in [1.82, 2.24) is 9.80 Å². The van der Waals surface area contributed by atoms with E-state index in [1.54, 1.807) is 4.90 Å². The summed E-state index contributed by atoms with van der Waals surface area (Å²) in [6.45, 7) is 1.95. The highest BCUT2D eigenvalue weighted by molar-refractivity contribution is 5.96. The van der Waals surface area contributed by atoms with Gasteiger partial charge in [0.05, 0.1) is 6.54 Å². The zero-order valence-corrected chi connectivity index (χ0v) is 12.9. The molecular weight excluding hydrogens is 294 g/mol. The third-order valence-corrected chi connectivity index (χ3v) is 3.16. The lowest BCUT2D eigenvalue weighted by molar-refractivity contribution is -0.131. The fraction of sp³-hybridized carbons (Fsp3) is 0.467. The van der Waals surface area contributed by atoms with Gasteiger partial charge in [-0.05, 0) is 38.1 Å². The van der Waals surface area contributed by atoms with Crippen LogP contribution in [0.2, 0.25) is 0 Å². The van der Waals surface area contributed by atoms with Crippen LogP contribution in [0.3, 0.4) is 0 Å². The van der Waals surface area contributed by atoms with Gasteiger partial charge in [-0.3, -0.25) is 9.59 Å². The topological polar surface area (TPSA) is 49.9 Å². The Balaban J connectivity index is 2.68. The third-order valence-electron chi connectivity index (χ3n) is 3.16. The Morgan fingerprint density at radius 1 is 1.14 bits per heavy atom. The summed E-state index contributed by atoms with van der Waals surface area (Å²) in [7, 11) is 1.52. The number of hydrogen-bond acceptors (Lipinski definition) is 3. The predicted octanol–water partition coefficient (Wildman–Crippen LogP) is 2.23. The van der Waals surface area contributed by atoms with Crippen LogP contribution in [0.25, 0.3) is 0 Å². The van der Waals surface area contributed by atoms with Crippen LogP contribution in [0, 0.1) is 0 Å². The summed E-state index contributed by atoms with van der Waals surface area (Å²) < 4.78 is 28.3. The van der Waals surface area contributed by atoms with Crippen LogP contribution in [0.15, 0.2) is 24.3 Å². The Morgan fingerprint density at radius 3 is 2.14 bits per heavy atom. The molecule has 0 bridgehead atoms. The number of likely N-dealkylation sites (N-methyl/N-ethyl adjacent to an activating group) is 2. The van der Waals surface area contributed by atoms with E-state index in [-0.39, 0.29) is 24.1 Å². The molecule has 1 aromatic carbocycles. The molecule has 0 unspecified atom stereocenters. The third kappa shape index (κ3) is 4.98. The van der Waals surface area contributed by atoms with Crippen LogP contribution in [-0.2, 0) is 4.79 Å². The van der Waals surface area contributed by atoms with Gasteiger partial charge in [0.1, 0.15) is 5.75 Å². The molecule has 0 heterocycles. The second-order valence-corrected chi connectivity index (χ2v) is 4.63. The van der Waals surface area contributed by atoms with E-state index in [1.807, 2.05) is 13.8 Å². The van der Waals surface area contributed by atoms with E-state index in [1.165, 1.54) is 36.2 Å². The molecule has 0 aliphatic rings. The number of amides is 2. The Kier molecular flexibility index (Phi) is 6.75. The molecule has 0 aromatic heterocycles. The minimum absolute atomic E-state index is 0.0200. The molecule has 7 heteroatoms. The van der Waals surface area contributed by atoms with Crippen molar-refractivity contribution >= 4 is 11.8 Å². The first kappa shape index (κ1) is 17.9.